The first-order chi connectivity index (χ1) is 10.7. The fourth-order valence-corrected chi connectivity index (χ4v) is 3.07. The first-order valence-electron chi connectivity index (χ1n) is 7.39. The predicted molar refractivity (Wildman–Crippen MR) is 89.9 cm³/mol. The molecule has 2 aromatic rings. The van der Waals surface area contributed by atoms with Gasteiger partial charge in [-0.05, 0) is 34.1 Å². The van der Waals surface area contributed by atoms with E-state index in [1.807, 2.05) is 12.1 Å². The minimum absolute atomic E-state index is 0.276. The maximum atomic E-state index is 13.7. The van der Waals surface area contributed by atoms with Gasteiger partial charge in [-0.3, -0.25) is 4.90 Å². The Kier molecular flexibility index (Phi) is 4.90. The highest BCUT2D eigenvalue weighted by Gasteiger charge is 2.18. The minimum atomic E-state index is -0.276. The van der Waals surface area contributed by atoms with Crippen LogP contribution in [-0.2, 0) is 4.74 Å². The number of aromatic nitrogens is 1. The summed E-state index contributed by atoms with van der Waals surface area (Å²) in [5.74, 6) is 0.641. The second kappa shape index (κ2) is 6.89. The van der Waals surface area contributed by atoms with Gasteiger partial charge in [-0.1, -0.05) is 0 Å². The van der Waals surface area contributed by atoms with Gasteiger partial charge in [0.15, 0.2) is 0 Å². The van der Waals surface area contributed by atoms with E-state index in [0.29, 0.717) is 9.99 Å². The van der Waals surface area contributed by atoms with Gasteiger partial charge in [-0.2, -0.15) is 0 Å². The van der Waals surface area contributed by atoms with E-state index in [1.54, 1.807) is 13.2 Å². The van der Waals surface area contributed by atoms with Crippen LogP contribution in [0.2, 0.25) is 0 Å². The van der Waals surface area contributed by atoms with Gasteiger partial charge in [0.1, 0.15) is 11.6 Å². The van der Waals surface area contributed by atoms with Gasteiger partial charge in [0.05, 0.1) is 16.6 Å². The fraction of sp³-hybridized carbons (Fsp3) is 0.438. The van der Waals surface area contributed by atoms with Crippen molar-refractivity contribution in [3.05, 3.63) is 34.6 Å². The predicted octanol–water partition coefficient (Wildman–Crippen LogP) is 2.90. The molecule has 22 heavy (non-hydrogen) atoms. The van der Waals surface area contributed by atoms with E-state index in [1.165, 1.54) is 6.07 Å². The Balaban J connectivity index is 1.73. The topological polar surface area (TPSA) is 28.6 Å². The summed E-state index contributed by atoms with van der Waals surface area (Å²) in [7, 11) is 1.73. The van der Waals surface area contributed by atoms with Crippen molar-refractivity contribution in [3.63, 3.8) is 0 Å². The molecule has 0 amide bonds. The number of methoxy groups -OCH3 is 1. The van der Waals surface area contributed by atoms with Gasteiger partial charge < -0.3 is 9.64 Å². The van der Waals surface area contributed by atoms with E-state index in [2.05, 4.69) is 30.7 Å². The summed E-state index contributed by atoms with van der Waals surface area (Å²) in [5, 5.41) is 0.941. The molecule has 1 aromatic heterocycles. The summed E-state index contributed by atoms with van der Waals surface area (Å²) in [6.07, 6.45) is 0. The molecule has 0 saturated carbocycles. The molecule has 0 unspecified atom stereocenters. The molecule has 6 heteroatoms. The quantitative estimate of drug-likeness (QED) is 0.830. The molecule has 118 valence electrons. The van der Waals surface area contributed by atoms with Crippen LogP contribution >= 0.6 is 15.9 Å². The summed E-state index contributed by atoms with van der Waals surface area (Å²) in [5.41, 5.74) is 0.694. The Morgan fingerprint density at radius 3 is 2.73 bits per heavy atom. The molecule has 0 radical (unpaired) electrons. The number of piperazine rings is 1. The van der Waals surface area contributed by atoms with E-state index in [-0.39, 0.29) is 5.82 Å². The maximum absolute atomic E-state index is 13.7. The zero-order chi connectivity index (χ0) is 15.5. The van der Waals surface area contributed by atoms with Gasteiger partial charge >= 0.3 is 0 Å². The van der Waals surface area contributed by atoms with Gasteiger partial charge in [-0.15, -0.1) is 0 Å². The lowest BCUT2D eigenvalue weighted by atomic mass is 10.2. The molecule has 0 atom stereocenters. The average Bonchev–Trinajstić information content (AvgIpc) is 2.54. The molecule has 3 rings (SSSR count). The SMILES string of the molecule is COCCN1CCN(c2ccc3cc(Br)c(F)cc3n2)CC1. The summed E-state index contributed by atoms with van der Waals surface area (Å²) in [4.78, 5) is 9.25. The van der Waals surface area contributed by atoms with E-state index in [9.17, 15) is 4.39 Å². The number of pyridine rings is 1. The number of hydrogen-bond acceptors (Lipinski definition) is 4. The van der Waals surface area contributed by atoms with Crippen molar-refractivity contribution in [2.24, 2.45) is 0 Å². The average molecular weight is 368 g/mol. The van der Waals surface area contributed by atoms with Crippen molar-refractivity contribution in [2.75, 3.05) is 51.3 Å². The maximum Gasteiger partial charge on any atom is 0.139 e. The molecule has 1 saturated heterocycles. The van der Waals surface area contributed by atoms with Crippen LogP contribution in [0, 0.1) is 5.82 Å². The number of benzene rings is 1. The lowest BCUT2D eigenvalue weighted by molar-refractivity contribution is 0.144. The molecule has 1 aliphatic heterocycles. The molecule has 0 N–H and O–H groups in total. The Hall–Kier alpha value is -1.24. The number of anilines is 1. The lowest BCUT2D eigenvalue weighted by Crippen LogP contribution is -2.47. The number of nitrogens with zero attached hydrogens (tertiary/aromatic N) is 3. The second-order valence-corrected chi connectivity index (χ2v) is 6.30. The monoisotopic (exact) mass is 367 g/mol. The van der Waals surface area contributed by atoms with Crippen LogP contribution in [0.25, 0.3) is 10.9 Å². The van der Waals surface area contributed by atoms with Gasteiger partial charge in [0.2, 0.25) is 0 Å². The highest BCUT2D eigenvalue weighted by molar-refractivity contribution is 9.10. The third kappa shape index (κ3) is 3.39. The molecular formula is C16H19BrFN3O. The van der Waals surface area contributed by atoms with Crippen molar-refractivity contribution < 1.29 is 9.13 Å². The number of halogens is 2. The summed E-state index contributed by atoms with van der Waals surface area (Å²) >= 11 is 3.21. The highest BCUT2D eigenvalue weighted by atomic mass is 79.9. The molecule has 1 aliphatic rings. The Morgan fingerprint density at radius 1 is 1.23 bits per heavy atom. The largest absolute Gasteiger partial charge is 0.383 e. The number of fused-ring (bicyclic) bond motifs is 1. The molecule has 1 fully saturated rings. The second-order valence-electron chi connectivity index (χ2n) is 5.45. The van der Waals surface area contributed by atoms with Crippen LogP contribution in [0.1, 0.15) is 0 Å². The molecule has 0 aliphatic carbocycles. The molecule has 0 bridgehead atoms. The van der Waals surface area contributed by atoms with Crippen LogP contribution in [0.5, 0.6) is 0 Å². The Bertz CT molecular complexity index is 659. The lowest BCUT2D eigenvalue weighted by Gasteiger charge is -2.35. The van der Waals surface area contributed by atoms with Gasteiger partial charge in [-0.25, -0.2) is 9.37 Å². The molecule has 0 spiro atoms. The molecule has 2 heterocycles. The first kappa shape index (κ1) is 15.6. The highest BCUT2D eigenvalue weighted by Crippen LogP contribution is 2.25. The molecular weight excluding hydrogens is 349 g/mol. The van der Waals surface area contributed by atoms with Crippen molar-refractivity contribution >= 4 is 32.7 Å². The van der Waals surface area contributed by atoms with Crippen LogP contribution in [0.3, 0.4) is 0 Å². The van der Waals surface area contributed by atoms with Crippen LogP contribution in [0.15, 0.2) is 28.7 Å². The van der Waals surface area contributed by atoms with Crippen LogP contribution in [-0.4, -0.2) is 56.3 Å². The summed E-state index contributed by atoms with van der Waals surface area (Å²) in [6.45, 7) is 5.59. The standard InChI is InChI=1S/C16H19BrFN3O/c1-22-9-8-20-4-6-21(7-5-20)16-3-2-12-10-13(17)14(18)11-15(12)19-16/h2-3,10-11H,4-9H2,1H3. The molecule has 4 nitrogen and oxygen atoms in total. The number of rotatable bonds is 4. The smallest absolute Gasteiger partial charge is 0.139 e. The van der Waals surface area contributed by atoms with Crippen LogP contribution < -0.4 is 4.90 Å². The van der Waals surface area contributed by atoms with Crippen molar-refractivity contribution in [1.82, 2.24) is 9.88 Å². The normalized spacial score (nSPS) is 16.4. The van der Waals surface area contributed by atoms with Crippen molar-refractivity contribution in [3.8, 4) is 0 Å². The van der Waals surface area contributed by atoms with E-state index in [4.69, 9.17) is 4.74 Å². The van der Waals surface area contributed by atoms with Crippen LogP contribution in [0.4, 0.5) is 10.2 Å². The van der Waals surface area contributed by atoms with Crippen molar-refractivity contribution in [2.45, 2.75) is 0 Å². The fourth-order valence-electron chi connectivity index (χ4n) is 2.70. The first-order valence-corrected chi connectivity index (χ1v) is 8.19. The Labute approximate surface area is 138 Å². The van der Waals surface area contributed by atoms with Crippen molar-refractivity contribution in [1.29, 1.82) is 0 Å². The Morgan fingerprint density at radius 2 is 2.00 bits per heavy atom. The van der Waals surface area contributed by atoms with Gasteiger partial charge in [0.25, 0.3) is 0 Å². The number of ether oxygens (including phenoxy) is 1. The van der Waals surface area contributed by atoms with E-state index >= 15 is 0 Å². The summed E-state index contributed by atoms with van der Waals surface area (Å²) < 4.78 is 19.3. The molecule has 1 aromatic carbocycles. The van der Waals surface area contributed by atoms with Gasteiger partial charge in [0, 0.05) is 51.3 Å². The summed E-state index contributed by atoms with van der Waals surface area (Å²) in [6, 6.07) is 7.26. The zero-order valence-corrected chi connectivity index (χ0v) is 14.1. The third-order valence-corrected chi connectivity index (χ3v) is 4.63. The van der Waals surface area contributed by atoms with E-state index in [0.717, 1.165) is 50.5 Å². The third-order valence-electron chi connectivity index (χ3n) is 4.02. The van der Waals surface area contributed by atoms with E-state index < -0.39 is 0 Å². The minimum Gasteiger partial charge on any atom is -0.383 e. The number of hydrogen-bond donors (Lipinski definition) is 0. The zero-order valence-electron chi connectivity index (χ0n) is 12.6.